The van der Waals surface area contributed by atoms with Crippen LogP contribution in [0.4, 0.5) is 5.69 Å². The molecule has 0 aromatic heterocycles. The Balaban J connectivity index is 1.62. The number of rotatable bonds is 7. The Hall–Kier alpha value is -2.25. The van der Waals surface area contributed by atoms with Crippen LogP contribution in [0, 0.1) is 18.8 Å². The molecule has 2 saturated carbocycles. The van der Waals surface area contributed by atoms with Crippen LogP contribution in [0.25, 0.3) is 0 Å². The van der Waals surface area contributed by atoms with Crippen molar-refractivity contribution < 1.29 is 17.9 Å². The summed E-state index contributed by atoms with van der Waals surface area (Å²) in [5.41, 5.74) is 1.27. The quantitative estimate of drug-likeness (QED) is 0.670. The number of nitrogens with one attached hydrogen (secondary N) is 1. The van der Waals surface area contributed by atoms with Crippen LogP contribution in [0.2, 0.25) is 5.02 Å². The van der Waals surface area contributed by atoms with E-state index in [0.29, 0.717) is 23.3 Å². The number of amides is 1. The van der Waals surface area contributed by atoms with Crippen LogP contribution in [-0.2, 0) is 14.8 Å². The Kier molecular flexibility index (Phi) is 6.17. The van der Waals surface area contributed by atoms with E-state index in [4.69, 9.17) is 16.3 Å². The van der Waals surface area contributed by atoms with Gasteiger partial charge in [0.1, 0.15) is 12.3 Å². The van der Waals surface area contributed by atoms with Crippen molar-refractivity contribution in [3.05, 3.63) is 53.1 Å². The highest BCUT2D eigenvalue weighted by molar-refractivity contribution is 7.92. The molecule has 0 heterocycles. The fourth-order valence-corrected chi connectivity index (χ4v) is 6.43. The fraction of sp³-hybridized carbons (Fsp3) is 0.435. The van der Waals surface area contributed by atoms with Gasteiger partial charge < -0.3 is 10.1 Å². The van der Waals surface area contributed by atoms with E-state index in [2.05, 4.69) is 5.32 Å². The summed E-state index contributed by atoms with van der Waals surface area (Å²) < 4.78 is 33.3. The molecule has 2 aromatic rings. The first-order chi connectivity index (χ1) is 14.8. The van der Waals surface area contributed by atoms with Gasteiger partial charge in [0.05, 0.1) is 22.7 Å². The number of nitrogens with zero attached hydrogens (tertiary/aromatic N) is 1. The third-order valence-corrected chi connectivity index (χ3v) is 8.49. The van der Waals surface area contributed by atoms with Gasteiger partial charge in [-0.1, -0.05) is 35.7 Å². The number of fused-ring (bicyclic) bond motifs is 2. The normalized spacial score (nSPS) is 22.4. The third-order valence-electron chi connectivity index (χ3n) is 6.40. The predicted octanol–water partition coefficient (Wildman–Crippen LogP) is 4.16. The Labute approximate surface area is 188 Å². The highest BCUT2D eigenvalue weighted by atomic mass is 35.5. The fourth-order valence-electron chi connectivity index (χ4n) is 4.77. The summed E-state index contributed by atoms with van der Waals surface area (Å²) in [5.74, 6) is 1.32. The lowest BCUT2D eigenvalue weighted by atomic mass is 9.95. The van der Waals surface area contributed by atoms with E-state index in [0.717, 1.165) is 29.1 Å². The number of ether oxygens (including phenoxy) is 1. The van der Waals surface area contributed by atoms with Gasteiger partial charge in [0.15, 0.2) is 0 Å². The monoisotopic (exact) mass is 462 g/mol. The number of sulfonamides is 1. The van der Waals surface area contributed by atoms with Gasteiger partial charge in [-0.3, -0.25) is 9.10 Å². The Morgan fingerprint density at radius 2 is 1.90 bits per heavy atom. The van der Waals surface area contributed by atoms with Crippen LogP contribution in [0.5, 0.6) is 5.75 Å². The predicted molar refractivity (Wildman–Crippen MR) is 121 cm³/mol. The summed E-state index contributed by atoms with van der Waals surface area (Å²) in [6.07, 6.45) is 4.50. The lowest BCUT2D eigenvalue weighted by Gasteiger charge is -2.27. The lowest BCUT2D eigenvalue weighted by Crippen LogP contribution is -2.46. The summed E-state index contributed by atoms with van der Waals surface area (Å²) in [7, 11) is -2.48. The van der Waals surface area contributed by atoms with Gasteiger partial charge in [-0.25, -0.2) is 8.42 Å². The van der Waals surface area contributed by atoms with Crippen molar-refractivity contribution in [3.8, 4) is 5.75 Å². The van der Waals surface area contributed by atoms with E-state index < -0.39 is 10.0 Å². The second-order valence-corrected chi connectivity index (χ2v) is 10.8. The highest BCUT2D eigenvalue weighted by Crippen LogP contribution is 2.44. The Bertz CT molecular complexity index is 1070. The molecule has 0 unspecified atom stereocenters. The van der Waals surface area contributed by atoms with E-state index in [9.17, 15) is 13.2 Å². The first kappa shape index (κ1) is 22.0. The zero-order chi connectivity index (χ0) is 22.2. The molecule has 31 heavy (non-hydrogen) atoms. The third kappa shape index (κ3) is 4.53. The minimum atomic E-state index is -3.97. The van der Waals surface area contributed by atoms with Crippen LogP contribution < -0.4 is 14.4 Å². The molecule has 2 aliphatic carbocycles. The van der Waals surface area contributed by atoms with Crippen molar-refractivity contribution in [2.45, 2.75) is 43.5 Å². The maximum absolute atomic E-state index is 13.5. The van der Waals surface area contributed by atoms with Gasteiger partial charge in [-0.2, -0.15) is 0 Å². The molecule has 3 atom stereocenters. The number of carbonyl (C=O) groups excluding carboxylic acids is 1. The number of hydrogen-bond donors (Lipinski definition) is 1. The Morgan fingerprint density at radius 1 is 1.16 bits per heavy atom. The Morgan fingerprint density at radius 3 is 2.48 bits per heavy atom. The van der Waals surface area contributed by atoms with Gasteiger partial charge in [-0.05, 0) is 68.4 Å². The van der Waals surface area contributed by atoms with Gasteiger partial charge in [0.2, 0.25) is 5.91 Å². The number of carbonyl (C=O) groups is 1. The molecular weight excluding hydrogens is 436 g/mol. The van der Waals surface area contributed by atoms with Gasteiger partial charge in [0.25, 0.3) is 10.0 Å². The molecule has 4 rings (SSSR count). The van der Waals surface area contributed by atoms with Crippen molar-refractivity contribution in [1.29, 1.82) is 0 Å². The number of benzene rings is 2. The van der Waals surface area contributed by atoms with E-state index in [1.165, 1.54) is 19.6 Å². The van der Waals surface area contributed by atoms with Crippen molar-refractivity contribution in [1.82, 2.24) is 5.32 Å². The minimum Gasteiger partial charge on any atom is -0.495 e. The summed E-state index contributed by atoms with van der Waals surface area (Å²) in [6.45, 7) is 1.58. The maximum atomic E-state index is 13.5. The SMILES string of the molecule is COc1ccc(N(CC(=O)N[C@H]2C[C@@H]3CC[C@@H]2C3)S(=O)(=O)c2ccc(C)cc2)cc1Cl. The van der Waals surface area contributed by atoms with Crippen LogP contribution in [0.3, 0.4) is 0 Å². The molecule has 2 fully saturated rings. The molecular formula is C23H27ClN2O4S. The summed E-state index contributed by atoms with van der Waals surface area (Å²) in [4.78, 5) is 13.0. The van der Waals surface area contributed by atoms with E-state index >= 15 is 0 Å². The molecule has 0 radical (unpaired) electrons. The van der Waals surface area contributed by atoms with E-state index in [1.807, 2.05) is 6.92 Å². The minimum absolute atomic E-state index is 0.123. The van der Waals surface area contributed by atoms with E-state index in [1.54, 1.807) is 36.4 Å². The lowest BCUT2D eigenvalue weighted by molar-refractivity contribution is -0.120. The molecule has 1 amide bonds. The molecule has 0 saturated heterocycles. The number of aryl methyl sites for hydroxylation is 1. The molecule has 2 aromatic carbocycles. The second kappa shape index (κ2) is 8.71. The first-order valence-corrected chi connectivity index (χ1v) is 12.3. The molecule has 2 bridgehead atoms. The van der Waals surface area contributed by atoms with Crippen molar-refractivity contribution in [3.63, 3.8) is 0 Å². The van der Waals surface area contributed by atoms with Crippen LogP contribution in [0.1, 0.15) is 31.2 Å². The maximum Gasteiger partial charge on any atom is 0.264 e. The first-order valence-electron chi connectivity index (χ1n) is 10.5. The largest absolute Gasteiger partial charge is 0.495 e. The van der Waals surface area contributed by atoms with Crippen molar-refractivity contribution in [2.24, 2.45) is 11.8 Å². The molecule has 8 heteroatoms. The number of methoxy groups -OCH3 is 1. The summed E-state index contributed by atoms with van der Waals surface area (Å²) >= 11 is 6.26. The van der Waals surface area contributed by atoms with E-state index in [-0.39, 0.29) is 28.4 Å². The average Bonchev–Trinajstić information content (AvgIpc) is 3.35. The topological polar surface area (TPSA) is 75.7 Å². The van der Waals surface area contributed by atoms with Crippen LogP contribution in [-0.4, -0.2) is 34.0 Å². The smallest absolute Gasteiger partial charge is 0.264 e. The van der Waals surface area contributed by atoms with Gasteiger partial charge in [0, 0.05) is 6.04 Å². The standard InChI is InChI=1S/C23H27ClN2O4S/c1-15-3-8-19(9-4-15)31(28,29)26(18-7-10-22(30-2)20(24)13-18)14-23(27)25-21-12-16-5-6-17(21)11-16/h3-4,7-10,13,16-17,21H,5-6,11-12,14H2,1-2H3,(H,25,27)/t16-,17-,21+/m1/s1. The molecule has 1 N–H and O–H groups in total. The molecule has 0 spiro atoms. The second-order valence-electron chi connectivity index (χ2n) is 8.49. The average molecular weight is 463 g/mol. The highest BCUT2D eigenvalue weighted by Gasteiger charge is 2.40. The molecule has 166 valence electrons. The number of halogens is 1. The number of hydrogen-bond acceptors (Lipinski definition) is 4. The number of anilines is 1. The summed E-state index contributed by atoms with van der Waals surface area (Å²) in [5, 5.41) is 3.35. The molecule has 6 nitrogen and oxygen atoms in total. The zero-order valence-electron chi connectivity index (χ0n) is 17.7. The zero-order valence-corrected chi connectivity index (χ0v) is 19.2. The van der Waals surface area contributed by atoms with Gasteiger partial charge >= 0.3 is 0 Å². The molecule has 2 aliphatic rings. The summed E-state index contributed by atoms with van der Waals surface area (Å²) in [6, 6.07) is 11.4. The van der Waals surface area contributed by atoms with Gasteiger partial charge in [-0.15, -0.1) is 0 Å². The van der Waals surface area contributed by atoms with Crippen molar-refractivity contribution >= 4 is 33.2 Å². The van der Waals surface area contributed by atoms with Crippen molar-refractivity contribution in [2.75, 3.05) is 18.0 Å². The van der Waals surface area contributed by atoms with Crippen LogP contribution >= 0.6 is 11.6 Å². The van der Waals surface area contributed by atoms with Crippen LogP contribution in [0.15, 0.2) is 47.4 Å². The molecule has 0 aliphatic heterocycles.